The number of rotatable bonds is 8. The van der Waals surface area contributed by atoms with E-state index in [0.29, 0.717) is 32.2 Å². The third-order valence-corrected chi connectivity index (χ3v) is 3.02. The van der Waals surface area contributed by atoms with Gasteiger partial charge in [0.1, 0.15) is 5.54 Å². The summed E-state index contributed by atoms with van der Waals surface area (Å²) < 4.78 is 10.7. The molecule has 0 radical (unpaired) electrons. The predicted molar refractivity (Wildman–Crippen MR) is 79.2 cm³/mol. The van der Waals surface area contributed by atoms with Crippen LogP contribution < -0.4 is 5.73 Å². The second kappa shape index (κ2) is 8.02. The minimum atomic E-state index is -1.14. The molecular formula is C16H25NO3. The van der Waals surface area contributed by atoms with Crippen LogP contribution in [0.15, 0.2) is 30.3 Å². The molecule has 0 bridgehead atoms. The molecule has 1 aromatic rings. The maximum atomic E-state index is 12.2. The lowest BCUT2D eigenvalue weighted by Gasteiger charge is -2.27. The number of benzene rings is 1. The second-order valence-electron chi connectivity index (χ2n) is 5.28. The number of nitrogens with two attached hydrogens (primary N) is 1. The van der Waals surface area contributed by atoms with Crippen molar-refractivity contribution in [2.45, 2.75) is 32.7 Å². The molecule has 0 spiro atoms. The Kier molecular flexibility index (Phi) is 6.68. The molecule has 0 saturated carbocycles. The van der Waals surface area contributed by atoms with E-state index in [1.165, 1.54) is 0 Å². The Morgan fingerprint density at radius 1 is 1.30 bits per heavy atom. The Morgan fingerprint density at radius 3 is 2.50 bits per heavy atom. The van der Waals surface area contributed by atoms with Crippen molar-refractivity contribution in [2.24, 2.45) is 11.7 Å². The van der Waals surface area contributed by atoms with Crippen molar-refractivity contribution in [1.82, 2.24) is 0 Å². The Labute approximate surface area is 121 Å². The van der Waals surface area contributed by atoms with Gasteiger partial charge in [-0.25, -0.2) is 4.79 Å². The number of carbonyl (C=O) groups is 1. The quantitative estimate of drug-likeness (QED) is 0.586. The van der Waals surface area contributed by atoms with E-state index in [0.717, 1.165) is 5.56 Å². The highest BCUT2D eigenvalue weighted by Crippen LogP contribution is 2.24. The number of hydrogen-bond donors (Lipinski definition) is 1. The largest absolute Gasteiger partial charge is 0.464 e. The van der Waals surface area contributed by atoms with E-state index in [-0.39, 0.29) is 0 Å². The topological polar surface area (TPSA) is 61.5 Å². The van der Waals surface area contributed by atoms with E-state index in [1.54, 1.807) is 6.92 Å². The van der Waals surface area contributed by atoms with Crippen LogP contribution in [0.5, 0.6) is 0 Å². The van der Waals surface area contributed by atoms with Gasteiger partial charge in [0.25, 0.3) is 0 Å². The zero-order chi connectivity index (χ0) is 15.0. The summed E-state index contributed by atoms with van der Waals surface area (Å²) in [7, 11) is 0. The Balaban J connectivity index is 2.77. The van der Waals surface area contributed by atoms with Gasteiger partial charge in [0.15, 0.2) is 0 Å². The molecule has 0 aromatic heterocycles. The van der Waals surface area contributed by atoms with E-state index in [9.17, 15) is 4.79 Å². The maximum Gasteiger partial charge on any atom is 0.330 e. The summed E-state index contributed by atoms with van der Waals surface area (Å²) in [6.07, 6.45) is 0.405. The highest BCUT2D eigenvalue weighted by atomic mass is 16.5. The molecule has 20 heavy (non-hydrogen) atoms. The summed E-state index contributed by atoms with van der Waals surface area (Å²) in [5.74, 6) is 0.0563. The van der Waals surface area contributed by atoms with Crippen molar-refractivity contribution in [2.75, 3.05) is 19.8 Å². The minimum absolute atomic E-state index is 0.317. The highest BCUT2D eigenvalue weighted by Gasteiger charge is 2.37. The zero-order valence-electron chi connectivity index (χ0n) is 12.6. The summed E-state index contributed by atoms with van der Waals surface area (Å²) in [6.45, 7) is 7.35. The Bertz CT molecular complexity index is 405. The van der Waals surface area contributed by atoms with E-state index < -0.39 is 11.5 Å². The molecule has 0 fully saturated rings. The summed E-state index contributed by atoms with van der Waals surface area (Å²) >= 11 is 0. The zero-order valence-corrected chi connectivity index (χ0v) is 12.6. The first kappa shape index (κ1) is 16.7. The minimum Gasteiger partial charge on any atom is -0.464 e. The number of ether oxygens (including phenoxy) is 2. The van der Waals surface area contributed by atoms with Gasteiger partial charge in [-0.1, -0.05) is 44.2 Å². The number of carbonyl (C=O) groups excluding carboxylic acids is 1. The van der Waals surface area contributed by atoms with Crippen LogP contribution in [-0.2, 0) is 19.8 Å². The molecule has 1 unspecified atom stereocenters. The van der Waals surface area contributed by atoms with Crippen molar-refractivity contribution < 1.29 is 14.3 Å². The van der Waals surface area contributed by atoms with Gasteiger partial charge in [0.05, 0.1) is 6.61 Å². The first-order valence-electron chi connectivity index (χ1n) is 7.10. The van der Waals surface area contributed by atoms with Gasteiger partial charge < -0.3 is 15.2 Å². The average Bonchev–Trinajstić information content (AvgIpc) is 2.44. The molecule has 0 amide bonds. The van der Waals surface area contributed by atoms with Crippen molar-refractivity contribution >= 4 is 5.97 Å². The molecule has 1 rings (SSSR count). The molecule has 0 saturated heterocycles. The average molecular weight is 279 g/mol. The molecule has 0 aliphatic heterocycles. The number of hydrogen-bond acceptors (Lipinski definition) is 4. The fourth-order valence-corrected chi connectivity index (χ4v) is 1.91. The van der Waals surface area contributed by atoms with Crippen molar-refractivity contribution in [3.05, 3.63) is 35.9 Å². The normalized spacial score (nSPS) is 14.1. The lowest BCUT2D eigenvalue weighted by atomic mass is 9.88. The third-order valence-electron chi connectivity index (χ3n) is 3.02. The molecule has 1 aromatic carbocycles. The predicted octanol–water partition coefficient (Wildman–Crippen LogP) is 2.47. The third kappa shape index (κ3) is 4.62. The SMILES string of the molecule is CCOC(=O)C(N)(CCOCC(C)C)c1ccccc1. The van der Waals surface area contributed by atoms with E-state index in [1.807, 2.05) is 30.3 Å². The molecule has 0 aliphatic rings. The van der Waals surface area contributed by atoms with Gasteiger partial charge in [-0.3, -0.25) is 0 Å². The van der Waals surface area contributed by atoms with Crippen LogP contribution in [0.1, 0.15) is 32.8 Å². The smallest absolute Gasteiger partial charge is 0.330 e. The summed E-state index contributed by atoms with van der Waals surface area (Å²) in [5, 5.41) is 0. The molecule has 4 heteroatoms. The van der Waals surface area contributed by atoms with E-state index in [4.69, 9.17) is 15.2 Å². The van der Waals surface area contributed by atoms with Gasteiger partial charge in [-0.2, -0.15) is 0 Å². The van der Waals surface area contributed by atoms with Gasteiger partial charge in [0.2, 0.25) is 0 Å². The van der Waals surface area contributed by atoms with Crippen LogP contribution in [0.3, 0.4) is 0 Å². The standard InChI is InChI=1S/C16H25NO3/c1-4-20-15(18)16(17,10-11-19-12-13(2)3)14-8-6-5-7-9-14/h5-9,13H,4,10-12,17H2,1-3H3. The number of esters is 1. The van der Waals surface area contributed by atoms with Crippen molar-refractivity contribution in [1.29, 1.82) is 0 Å². The van der Waals surface area contributed by atoms with Gasteiger partial charge in [0, 0.05) is 19.6 Å². The fraction of sp³-hybridized carbons (Fsp3) is 0.562. The van der Waals surface area contributed by atoms with Crippen LogP contribution >= 0.6 is 0 Å². The van der Waals surface area contributed by atoms with Crippen LogP contribution in [0.4, 0.5) is 0 Å². The molecule has 4 nitrogen and oxygen atoms in total. The highest BCUT2D eigenvalue weighted by molar-refractivity contribution is 5.82. The van der Waals surface area contributed by atoms with Crippen LogP contribution in [-0.4, -0.2) is 25.8 Å². The van der Waals surface area contributed by atoms with Crippen LogP contribution in [0.25, 0.3) is 0 Å². The van der Waals surface area contributed by atoms with Gasteiger partial charge >= 0.3 is 5.97 Å². The maximum absolute atomic E-state index is 12.2. The monoisotopic (exact) mass is 279 g/mol. The molecular weight excluding hydrogens is 254 g/mol. The Hall–Kier alpha value is -1.39. The van der Waals surface area contributed by atoms with Gasteiger partial charge in [-0.15, -0.1) is 0 Å². The summed E-state index contributed by atoms with van der Waals surface area (Å²) in [4.78, 5) is 12.2. The lowest BCUT2D eigenvalue weighted by Crippen LogP contribution is -2.47. The fourth-order valence-electron chi connectivity index (χ4n) is 1.91. The van der Waals surface area contributed by atoms with Crippen LogP contribution in [0.2, 0.25) is 0 Å². The van der Waals surface area contributed by atoms with E-state index in [2.05, 4.69) is 13.8 Å². The summed E-state index contributed by atoms with van der Waals surface area (Å²) in [6, 6.07) is 9.32. The molecule has 1 atom stereocenters. The van der Waals surface area contributed by atoms with E-state index >= 15 is 0 Å². The molecule has 0 aliphatic carbocycles. The second-order valence-corrected chi connectivity index (χ2v) is 5.28. The van der Waals surface area contributed by atoms with Gasteiger partial charge in [-0.05, 0) is 18.4 Å². The molecule has 2 N–H and O–H groups in total. The first-order valence-corrected chi connectivity index (χ1v) is 7.10. The molecule has 0 heterocycles. The summed E-state index contributed by atoms with van der Waals surface area (Å²) in [5.41, 5.74) is 5.92. The van der Waals surface area contributed by atoms with Crippen molar-refractivity contribution in [3.63, 3.8) is 0 Å². The lowest BCUT2D eigenvalue weighted by molar-refractivity contribution is -0.151. The first-order chi connectivity index (χ1) is 9.50. The van der Waals surface area contributed by atoms with Crippen LogP contribution in [0, 0.1) is 5.92 Å². The van der Waals surface area contributed by atoms with Crippen molar-refractivity contribution in [3.8, 4) is 0 Å². The molecule has 112 valence electrons. The Morgan fingerprint density at radius 2 is 1.95 bits per heavy atom.